The predicted octanol–water partition coefficient (Wildman–Crippen LogP) is 5.70. The fourth-order valence-electron chi connectivity index (χ4n) is 3.77. The summed E-state index contributed by atoms with van der Waals surface area (Å²) in [5, 5.41) is 5.33. The summed E-state index contributed by atoms with van der Waals surface area (Å²) in [5.74, 6) is -0.501. The summed E-state index contributed by atoms with van der Waals surface area (Å²) in [6.45, 7) is 7.53. The van der Waals surface area contributed by atoms with Gasteiger partial charge in [0.05, 0.1) is 0 Å². The van der Waals surface area contributed by atoms with Crippen LogP contribution in [0.2, 0.25) is 0 Å². The van der Waals surface area contributed by atoms with E-state index in [0.717, 1.165) is 24.8 Å². The van der Waals surface area contributed by atoms with Crippen LogP contribution < -0.4 is 10.6 Å². The Morgan fingerprint density at radius 3 is 2.17 bits per heavy atom. The second kappa shape index (κ2) is 17.0. The van der Waals surface area contributed by atoms with E-state index in [0.29, 0.717) is 25.7 Å². The number of carbonyl (C=O) groups is 3. The van der Waals surface area contributed by atoms with Gasteiger partial charge in [0.2, 0.25) is 5.91 Å². The fourth-order valence-corrected chi connectivity index (χ4v) is 3.77. The van der Waals surface area contributed by atoms with Crippen molar-refractivity contribution in [3.05, 3.63) is 35.9 Å². The molecule has 2 atom stereocenters. The number of esters is 1. The number of amides is 2. The molecule has 0 aliphatic heterocycles. The minimum absolute atomic E-state index is 0.0248. The smallest absolute Gasteiger partial charge is 0.408 e. The highest BCUT2D eigenvalue weighted by molar-refractivity contribution is 5.82. The van der Waals surface area contributed by atoms with Crippen molar-refractivity contribution < 1.29 is 23.9 Å². The lowest BCUT2D eigenvalue weighted by atomic mass is 10.0. The summed E-state index contributed by atoms with van der Waals surface area (Å²) in [7, 11) is 1.62. The third-order valence-electron chi connectivity index (χ3n) is 5.63. The van der Waals surface area contributed by atoms with Crippen LogP contribution in [0.25, 0.3) is 0 Å². The first-order chi connectivity index (χ1) is 16.6. The van der Waals surface area contributed by atoms with Gasteiger partial charge in [-0.3, -0.25) is 4.79 Å². The summed E-state index contributed by atoms with van der Waals surface area (Å²) in [6.07, 6.45) is 8.63. The topological polar surface area (TPSA) is 93.7 Å². The van der Waals surface area contributed by atoms with Crippen LogP contribution in [-0.2, 0) is 25.5 Å². The van der Waals surface area contributed by atoms with Crippen LogP contribution in [-0.4, -0.2) is 42.8 Å². The molecule has 1 rings (SSSR count). The van der Waals surface area contributed by atoms with Gasteiger partial charge in [0.25, 0.3) is 0 Å². The second-order valence-corrected chi connectivity index (χ2v) is 10.1. The van der Waals surface area contributed by atoms with Crippen LogP contribution in [0.1, 0.15) is 97.5 Å². The third kappa shape index (κ3) is 15.1. The van der Waals surface area contributed by atoms with E-state index in [9.17, 15) is 14.4 Å². The molecule has 1 aromatic rings. The van der Waals surface area contributed by atoms with Crippen LogP contribution >= 0.6 is 0 Å². The van der Waals surface area contributed by atoms with E-state index in [2.05, 4.69) is 17.6 Å². The van der Waals surface area contributed by atoms with E-state index in [1.807, 2.05) is 30.3 Å². The molecule has 0 aliphatic carbocycles. The number of rotatable bonds is 16. The molecule has 0 heterocycles. The minimum Gasteiger partial charge on any atom is -0.461 e. The van der Waals surface area contributed by atoms with Gasteiger partial charge in [0.1, 0.15) is 17.7 Å². The maximum Gasteiger partial charge on any atom is 0.408 e. The summed E-state index contributed by atoms with van der Waals surface area (Å²) in [6, 6.07) is 8.65. The normalized spacial score (nSPS) is 12.9. The lowest BCUT2D eigenvalue weighted by molar-refractivity contribution is -0.152. The molecular formula is C28H46N2O5. The molecule has 2 N–H and O–H groups in total. The van der Waals surface area contributed by atoms with Crippen molar-refractivity contribution in [3.63, 3.8) is 0 Å². The number of carbonyl (C=O) groups excluding carboxylic acids is 3. The van der Waals surface area contributed by atoms with Gasteiger partial charge in [-0.05, 0) is 52.0 Å². The van der Waals surface area contributed by atoms with Gasteiger partial charge in [0.15, 0.2) is 0 Å². The molecule has 7 nitrogen and oxygen atoms in total. The van der Waals surface area contributed by atoms with E-state index in [4.69, 9.17) is 9.47 Å². The van der Waals surface area contributed by atoms with E-state index in [1.165, 1.54) is 25.7 Å². The molecule has 1 unspecified atom stereocenters. The largest absolute Gasteiger partial charge is 0.461 e. The van der Waals surface area contributed by atoms with E-state index < -0.39 is 23.7 Å². The molecule has 7 heteroatoms. The summed E-state index contributed by atoms with van der Waals surface area (Å²) in [5.41, 5.74) is 0.239. The predicted molar refractivity (Wildman–Crippen MR) is 139 cm³/mol. The van der Waals surface area contributed by atoms with Crippen molar-refractivity contribution in [2.45, 2.75) is 116 Å². The Hall–Kier alpha value is -2.57. The zero-order valence-electron chi connectivity index (χ0n) is 22.4. The SMILES string of the molecule is CCCCCCCC[C@H](CCCC(=O)NC)OC(=O)C(Cc1ccccc1)NC(=O)OC(C)(C)C. The van der Waals surface area contributed by atoms with Crippen molar-refractivity contribution in [1.29, 1.82) is 0 Å². The summed E-state index contributed by atoms with van der Waals surface area (Å²) < 4.78 is 11.3. The maximum atomic E-state index is 13.2. The van der Waals surface area contributed by atoms with Crippen molar-refractivity contribution in [3.8, 4) is 0 Å². The molecule has 0 fully saturated rings. The summed E-state index contributed by atoms with van der Waals surface area (Å²) in [4.78, 5) is 37.3. The molecule has 1 aromatic carbocycles. The van der Waals surface area contributed by atoms with E-state index >= 15 is 0 Å². The molecule has 198 valence electrons. The summed E-state index contributed by atoms with van der Waals surface area (Å²) >= 11 is 0. The van der Waals surface area contributed by atoms with Gasteiger partial charge in [-0.25, -0.2) is 9.59 Å². The van der Waals surface area contributed by atoms with Crippen LogP contribution in [0.4, 0.5) is 4.79 Å². The van der Waals surface area contributed by atoms with Gasteiger partial charge < -0.3 is 20.1 Å². The van der Waals surface area contributed by atoms with Crippen molar-refractivity contribution in [2.24, 2.45) is 0 Å². The molecule has 0 aromatic heterocycles. The number of nitrogens with one attached hydrogen (secondary N) is 2. The molecule has 0 saturated heterocycles. The number of alkyl carbamates (subject to hydrolysis) is 1. The van der Waals surface area contributed by atoms with E-state index in [1.54, 1.807) is 27.8 Å². The van der Waals surface area contributed by atoms with Gasteiger partial charge in [-0.2, -0.15) is 0 Å². The van der Waals surface area contributed by atoms with Gasteiger partial charge in [0, 0.05) is 19.9 Å². The first-order valence-corrected chi connectivity index (χ1v) is 13.1. The number of benzene rings is 1. The highest BCUT2D eigenvalue weighted by Gasteiger charge is 2.28. The number of ether oxygens (including phenoxy) is 2. The Morgan fingerprint density at radius 1 is 0.914 bits per heavy atom. The highest BCUT2D eigenvalue weighted by Crippen LogP contribution is 2.17. The van der Waals surface area contributed by atoms with Crippen LogP contribution in [0.15, 0.2) is 30.3 Å². The Morgan fingerprint density at radius 2 is 1.54 bits per heavy atom. The quantitative estimate of drug-likeness (QED) is 0.229. The van der Waals surface area contributed by atoms with E-state index in [-0.39, 0.29) is 12.0 Å². The maximum absolute atomic E-state index is 13.2. The average molecular weight is 491 g/mol. The first kappa shape index (κ1) is 30.5. The second-order valence-electron chi connectivity index (χ2n) is 10.1. The zero-order chi connectivity index (χ0) is 26.1. The standard InChI is InChI=1S/C28H46N2O5/c1-6-7-8-9-10-14-18-23(19-15-20-25(31)29-5)34-26(32)24(21-22-16-12-11-13-17-22)30-27(33)35-28(2,3)4/h11-13,16-17,23-24H,6-10,14-15,18-21H2,1-5H3,(H,29,31)(H,30,33)/t23-,24?/m1/s1. The van der Waals surface area contributed by atoms with Gasteiger partial charge in [-0.15, -0.1) is 0 Å². The molecular weight excluding hydrogens is 444 g/mol. The number of unbranched alkanes of at least 4 members (excludes halogenated alkanes) is 5. The van der Waals surface area contributed by atoms with Crippen LogP contribution in [0, 0.1) is 0 Å². The molecule has 2 amide bonds. The first-order valence-electron chi connectivity index (χ1n) is 13.1. The van der Waals surface area contributed by atoms with Gasteiger partial charge >= 0.3 is 12.1 Å². The Kier molecular flexibility index (Phi) is 14.8. The van der Waals surface area contributed by atoms with Crippen LogP contribution in [0.3, 0.4) is 0 Å². The minimum atomic E-state index is -0.863. The number of hydrogen-bond acceptors (Lipinski definition) is 5. The van der Waals surface area contributed by atoms with Gasteiger partial charge in [-0.1, -0.05) is 69.4 Å². The molecule has 35 heavy (non-hydrogen) atoms. The molecule has 0 bridgehead atoms. The number of hydrogen-bond donors (Lipinski definition) is 2. The monoisotopic (exact) mass is 490 g/mol. The van der Waals surface area contributed by atoms with Crippen molar-refractivity contribution >= 4 is 18.0 Å². The average Bonchev–Trinajstić information content (AvgIpc) is 2.79. The molecule has 0 aliphatic rings. The van der Waals surface area contributed by atoms with Crippen molar-refractivity contribution in [1.82, 2.24) is 10.6 Å². The third-order valence-corrected chi connectivity index (χ3v) is 5.63. The zero-order valence-corrected chi connectivity index (χ0v) is 22.4. The highest BCUT2D eigenvalue weighted by atomic mass is 16.6. The van der Waals surface area contributed by atoms with Crippen molar-refractivity contribution in [2.75, 3.05) is 7.05 Å². The Bertz CT molecular complexity index is 745. The fraction of sp³-hybridized carbons (Fsp3) is 0.679. The Balaban J connectivity index is 2.83. The molecule has 0 radical (unpaired) electrons. The molecule has 0 saturated carbocycles. The lowest BCUT2D eigenvalue weighted by Crippen LogP contribution is -2.46. The lowest BCUT2D eigenvalue weighted by Gasteiger charge is -2.25. The Labute approximate surface area is 211 Å². The van der Waals surface area contributed by atoms with Crippen LogP contribution in [0.5, 0.6) is 0 Å². The molecule has 0 spiro atoms.